The predicted octanol–water partition coefficient (Wildman–Crippen LogP) is 1.41. The minimum atomic E-state index is -2.41. The highest BCUT2D eigenvalue weighted by molar-refractivity contribution is 5.80. The normalized spacial score (nSPS) is 15.9. The molecule has 0 saturated carbocycles. The van der Waals surface area contributed by atoms with Crippen molar-refractivity contribution in [3.05, 3.63) is 0 Å². The van der Waals surface area contributed by atoms with Crippen LogP contribution < -0.4 is 5.73 Å². The van der Waals surface area contributed by atoms with Crippen LogP contribution in [-0.4, -0.2) is 18.3 Å². The molecular weight excluding hydrogens is 138 g/mol. The summed E-state index contributed by atoms with van der Waals surface area (Å²) in [5.41, 5.74) is 5.23. The van der Waals surface area contributed by atoms with E-state index in [-0.39, 0.29) is 5.84 Å². The zero-order chi connectivity index (χ0) is 8.15. The first-order valence-corrected chi connectivity index (χ1v) is 3.18. The second-order valence-electron chi connectivity index (χ2n) is 2.05. The molecule has 0 spiro atoms. The van der Waals surface area contributed by atoms with Gasteiger partial charge < -0.3 is 5.73 Å². The number of nitrogens with two attached hydrogens (primary N) is 1. The number of hydrogen-bond donors (Lipinski definition) is 1. The number of rotatable bonds is 3. The van der Waals surface area contributed by atoms with Crippen molar-refractivity contribution >= 4 is 5.84 Å². The first kappa shape index (κ1) is 9.33. The van der Waals surface area contributed by atoms with E-state index in [1.54, 1.807) is 6.92 Å². The van der Waals surface area contributed by atoms with E-state index in [0.29, 0.717) is 6.42 Å². The highest BCUT2D eigenvalue weighted by Crippen LogP contribution is 2.03. The summed E-state index contributed by atoms with van der Waals surface area (Å²) in [6, 6.07) is -0.972. The molecular formula is C6H12F2N2. The van der Waals surface area contributed by atoms with Gasteiger partial charge in [-0.05, 0) is 6.92 Å². The van der Waals surface area contributed by atoms with E-state index in [1.165, 1.54) is 6.92 Å². The number of hydrogen-bond acceptors (Lipinski definition) is 1. The zero-order valence-electron chi connectivity index (χ0n) is 6.14. The maximum absolute atomic E-state index is 11.8. The number of amidine groups is 1. The largest absolute Gasteiger partial charge is 0.387 e. The molecule has 0 aromatic carbocycles. The lowest BCUT2D eigenvalue weighted by Crippen LogP contribution is -2.18. The Kier molecular flexibility index (Phi) is 3.91. The summed E-state index contributed by atoms with van der Waals surface area (Å²) in [6.45, 7) is 3.12. The van der Waals surface area contributed by atoms with Gasteiger partial charge in [0, 0.05) is 6.42 Å². The molecule has 0 rings (SSSR count). The first-order chi connectivity index (χ1) is 4.57. The van der Waals surface area contributed by atoms with E-state index >= 15 is 0 Å². The van der Waals surface area contributed by atoms with E-state index in [9.17, 15) is 8.78 Å². The summed E-state index contributed by atoms with van der Waals surface area (Å²) in [4.78, 5) is 3.54. The highest BCUT2D eigenvalue weighted by Gasteiger charge is 2.12. The molecule has 0 aromatic rings. The summed E-state index contributed by atoms with van der Waals surface area (Å²) >= 11 is 0. The zero-order valence-corrected chi connectivity index (χ0v) is 6.14. The summed E-state index contributed by atoms with van der Waals surface area (Å²) in [5.74, 6) is 0.285. The van der Waals surface area contributed by atoms with Crippen LogP contribution in [0.15, 0.2) is 4.99 Å². The van der Waals surface area contributed by atoms with Gasteiger partial charge in [-0.2, -0.15) is 0 Å². The molecule has 4 heteroatoms. The molecule has 2 nitrogen and oxygen atoms in total. The maximum Gasteiger partial charge on any atom is 0.260 e. The fourth-order valence-corrected chi connectivity index (χ4v) is 0.409. The van der Waals surface area contributed by atoms with E-state index < -0.39 is 12.5 Å². The van der Waals surface area contributed by atoms with Crippen molar-refractivity contribution in [3.8, 4) is 0 Å². The van der Waals surface area contributed by atoms with Gasteiger partial charge >= 0.3 is 0 Å². The fraction of sp³-hybridized carbons (Fsp3) is 0.833. The SMILES string of the molecule is CCC(N)=NC(C)C(F)F. The molecule has 0 radical (unpaired) electrons. The van der Waals surface area contributed by atoms with Crippen LogP contribution in [0.5, 0.6) is 0 Å². The van der Waals surface area contributed by atoms with Crippen molar-refractivity contribution in [2.75, 3.05) is 0 Å². The van der Waals surface area contributed by atoms with E-state index in [2.05, 4.69) is 4.99 Å². The van der Waals surface area contributed by atoms with E-state index in [0.717, 1.165) is 0 Å². The van der Waals surface area contributed by atoms with Gasteiger partial charge in [-0.15, -0.1) is 0 Å². The van der Waals surface area contributed by atoms with Gasteiger partial charge in [-0.3, -0.25) is 4.99 Å². The Morgan fingerprint density at radius 2 is 2.10 bits per heavy atom. The molecule has 1 atom stereocenters. The number of nitrogens with zero attached hydrogens (tertiary/aromatic N) is 1. The topological polar surface area (TPSA) is 38.4 Å². The third kappa shape index (κ3) is 3.37. The second kappa shape index (κ2) is 4.19. The van der Waals surface area contributed by atoms with Crippen LogP contribution in [0.3, 0.4) is 0 Å². The summed E-state index contributed by atoms with van der Waals surface area (Å²) in [5, 5.41) is 0. The molecule has 60 valence electrons. The van der Waals surface area contributed by atoms with Crippen LogP contribution in [0.25, 0.3) is 0 Å². The lowest BCUT2D eigenvalue weighted by Gasteiger charge is -2.04. The molecule has 0 amide bonds. The maximum atomic E-state index is 11.8. The minimum Gasteiger partial charge on any atom is -0.387 e. The standard InChI is InChI=1S/C6H12F2N2/c1-3-5(9)10-4(2)6(7)8/h4,6H,3H2,1-2H3,(H2,9,10). The summed E-state index contributed by atoms with van der Waals surface area (Å²) in [7, 11) is 0. The summed E-state index contributed by atoms with van der Waals surface area (Å²) in [6.07, 6.45) is -1.89. The Labute approximate surface area is 59.1 Å². The molecule has 1 unspecified atom stereocenters. The van der Waals surface area contributed by atoms with Crippen LogP contribution in [0, 0.1) is 0 Å². The second-order valence-corrected chi connectivity index (χ2v) is 2.05. The molecule has 0 bridgehead atoms. The lowest BCUT2D eigenvalue weighted by molar-refractivity contribution is 0.124. The van der Waals surface area contributed by atoms with Crippen LogP contribution in [-0.2, 0) is 0 Å². The molecule has 0 saturated heterocycles. The van der Waals surface area contributed by atoms with Crippen LogP contribution in [0.1, 0.15) is 20.3 Å². The van der Waals surface area contributed by atoms with Crippen molar-refractivity contribution < 1.29 is 8.78 Å². The van der Waals surface area contributed by atoms with Crippen molar-refractivity contribution in [2.24, 2.45) is 10.7 Å². The minimum absolute atomic E-state index is 0.285. The van der Waals surface area contributed by atoms with Crippen LogP contribution >= 0.6 is 0 Å². The predicted molar refractivity (Wildman–Crippen MR) is 37.4 cm³/mol. The average molecular weight is 150 g/mol. The first-order valence-electron chi connectivity index (χ1n) is 3.18. The Morgan fingerprint density at radius 3 is 2.40 bits per heavy atom. The molecule has 10 heavy (non-hydrogen) atoms. The molecule has 0 aliphatic heterocycles. The van der Waals surface area contributed by atoms with E-state index in [4.69, 9.17) is 5.73 Å². The van der Waals surface area contributed by atoms with Gasteiger partial charge in [0.25, 0.3) is 6.43 Å². The lowest BCUT2D eigenvalue weighted by atomic mass is 10.3. The van der Waals surface area contributed by atoms with Gasteiger partial charge in [0.15, 0.2) is 0 Å². The van der Waals surface area contributed by atoms with Crippen molar-refractivity contribution in [3.63, 3.8) is 0 Å². The Hall–Kier alpha value is -0.670. The third-order valence-electron chi connectivity index (χ3n) is 1.10. The van der Waals surface area contributed by atoms with Crippen molar-refractivity contribution in [1.29, 1.82) is 0 Å². The molecule has 0 heterocycles. The molecule has 0 aromatic heterocycles. The smallest absolute Gasteiger partial charge is 0.260 e. The van der Waals surface area contributed by atoms with Gasteiger partial charge in [0.05, 0.1) is 5.84 Å². The van der Waals surface area contributed by atoms with Crippen LogP contribution in [0.2, 0.25) is 0 Å². The Morgan fingerprint density at radius 1 is 1.60 bits per heavy atom. The fourth-order valence-electron chi connectivity index (χ4n) is 0.409. The number of aliphatic imine (C=N–C) groups is 1. The van der Waals surface area contributed by atoms with Gasteiger partial charge in [-0.1, -0.05) is 6.92 Å². The van der Waals surface area contributed by atoms with Crippen molar-refractivity contribution in [1.82, 2.24) is 0 Å². The van der Waals surface area contributed by atoms with Gasteiger partial charge in [-0.25, -0.2) is 8.78 Å². The van der Waals surface area contributed by atoms with Gasteiger partial charge in [0.2, 0.25) is 0 Å². The Balaban J connectivity index is 3.86. The molecule has 0 fully saturated rings. The number of halogens is 2. The highest BCUT2D eigenvalue weighted by atomic mass is 19.3. The quantitative estimate of drug-likeness (QED) is 0.479. The monoisotopic (exact) mass is 150 g/mol. The van der Waals surface area contributed by atoms with E-state index in [1.807, 2.05) is 0 Å². The third-order valence-corrected chi connectivity index (χ3v) is 1.10. The number of alkyl halides is 2. The molecule has 0 aliphatic rings. The molecule has 2 N–H and O–H groups in total. The molecule has 0 aliphatic carbocycles. The van der Waals surface area contributed by atoms with Crippen molar-refractivity contribution in [2.45, 2.75) is 32.7 Å². The summed E-state index contributed by atoms with van der Waals surface area (Å²) < 4.78 is 23.5. The van der Waals surface area contributed by atoms with Crippen LogP contribution in [0.4, 0.5) is 8.78 Å². The van der Waals surface area contributed by atoms with Gasteiger partial charge in [0.1, 0.15) is 6.04 Å². The Bertz CT molecular complexity index is 123. The average Bonchev–Trinajstić information content (AvgIpc) is 1.87.